The summed E-state index contributed by atoms with van der Waals surface area (Å²) in [5.41, 5.74) is 16.8. The summed E-state index contributed by atoms with van der Waals surface area (Å²) in [5, 5.41) is 24.9. The van der Waals surface area contributed by atoms with Crippen LogP contribution in [0.15, 0.2) is 30.3 Å². The Labute approximate surface area is 217 Å². The van der Waals surface area contributed by atoms with Gasteiger partial charge in [-0.2, -0.15) is 0 Å². The van der Waals surface area contributed by atoms with Gasteiger partial charge in [0.25, 0.3) is 0 Å². The molecular formula is C23H32N6O9. The minimum atomic E-state index is -1.57. The van der Waals surface area contributed by atoms with E-state index in [1.807, 2.05) is 0 Å². The highest BCUT2D eigenvalue weighted by Crippen LogP contribution is 2.06. The van der Waals surface area contributed by atoms with Gasteiger partial charge in [0.2, 0.25) is 29.5 Å². The first-order valence-corrected chi connectivity index (χ1v) is 11.5. The van der Waals surface area contributed by atoms with Crippen molar-refractivity contribution in [2.75, 3.05) is 0 Å². The van der Waals surface area contributed by atoms with E-state index in [1.54, 1.807) is 30.3 Å². The number of hydrogen-bond donors (Lipinski definition) is 8. The molecule has 15 nitrogen and oxygen atoms in total. The maximum atomic E-state index is 12.9. The van der Waals surface area contributed by atoms with E-state index in [-0.39, 0.29) is 19.3 Å². The molecule has 5 amide bonds. The van der Waals surface area contributed by atoms with E-state index >= 15 is 0 Å². The molecule has 0 bridgehead atoms. The summed E-state index contributed by atoms with van der Waals surface area (Å²) < 4.78 is 0. The SMILES string of the molecule is NC(=O)CC[C@H](NC(=O)[C@H](CCC(=O)O)NC(=O)[C@H](CC(N)=O)NC(=O)[C@@H](N)Cc1ccccc1)C(=O)O. The molecular weight excluding hydrogens is 504 g/mol. The van der Waals surface area contributed by atoms with Gasteiger partial charge in [-0.15, -0.1) is 0 Å². The number of benzene rings is 1. The third-order valence-electron chi connectivity index (χ3n) is 5.25. The maximum Gasteiger partial charge on any atom is 0.326 e. The Balaban J connectivity index is 3.00. The first-order chi connectivity index (χ1) is 17.8. The zero-order valence-electron chi connectivity index (χ0n) is 20.4. The van der Waals surface area contributed by atoms with Crippen LogP contribution in [0.2, 0.25) is 0 Å². The lowest BCUT2D eigenvalue weighted by Gasteiger charge is -2.24. The molecule has 0 unspecified atom stereocenters. The molecule has 0 saturated heterocycles. The van der Waals surface area contributed by atoms with Gasteiger partial charge in [0.15, 0.2) is 0 Å². The molecule has 0 fully saturated rings. The first-order valence-electron chi connectivity index (χ1n) is 11.5. The average molecular weight is 537 g/mol. The number of carbonyl (C=O) groups is 7. The van der Waals surface area contributed by atoms with Crippen molar-refractivity contribution in [1.82, 2.24) is 16.0 Å². The summed E-state index contributed by atoms with van der Waals surface area (Å²) in [4.78, 5) is 83.3. The number of nitrogens with two attached hydrogens (primary N) is 3. The fourth-order valence-corrected chi connectivity index (χ4v) is 3.28. The van der Waals surface area contributed by atoms with Crippen LogP contribution in [0.5, 0.6) is 0 Å². The summed E-state index contributed by atoms with van der Waals surface area (Å²) in [7, 11) is 0. The van der Waals surface area contributed by atoms with E-state index in [2.05, 4.69) is 16.0 Å². The van der Waals surface area contributed by atoms with E-state index in [1.165, 1.54) is 0 Å². The smallest absolute Gasteiger partial charge is 0.326 e. The van der Waals surface area contributed by atoms with Gasteiger partial charge >= 0.3 is 11.9 Å². The highest BCUT2D eigenvalue weighted by atomic mass is 16.4. The van der Waals surface area contributed by atoms with E-state index in [0.717, 1.165) is 5.56 Å². The summed E-state index contributed by atoms with van der Waals surface area (Å²) in [6.45, 7) is 0. The predicted molar refractivity (Wildman–Crippen MR) is 131 cm³/mol. The van der Waals surface area contributed by atoms with E-state index in [4.69, 9.17) is 22.3 Å². The van der Waals surface area contributed by atoms with Gasteiger partial charge in [-0.3, -0.25) is 28.8 Å². The molecule has 1 aromatic rings. The number of carboxylic acids is 2. The number of primary amides is 2. The molecule has 15 heteroatoms. The monoisotopic (exact) mass is 536 g/mol. The fourth-order valence-electron chi connectivity index (χ4n) is 3.28. The zero-order chi connectivity index (χ0) is 28.8. The Bertz CT molecular complexity index is 1030. The predicted octanol–water partition coefficient (Wildman–Crippen LogP) is -2.90. The van der Waals surface area contributed by atoms with Crippen molar-refractivity contribution < 1.29 is 43.8 Å². The molecule has 38 heavy (non-hydrogen) atoms. The van der Waals surface area contributed by atoms with Gasteiger partial charge < -0.3 is 43.4 Å². The van der Waals surface area contributed by atoms with Crippen molar-refractivity contribution in [3.63, 3.8) is 0 Å². The van der Waals surface area contributed by atoms with Crippen LogP contribution >= 0.6 is 0 Å². The normalized spacial score (nSPS) is 13.7. The summed E-state index contributed by atoms with van der Waals surface area (Å²) in [5.74, 6) is -7.49. The van der Waals surface area contributed by atoms with Crippen LogP contribution in [0, 0.1) is 0 Å². The van der Waals surface area contributed by atoms with Crippen LogP contribution in [0.25, 0.3) is 0 Å². The lowest BCUT2D eigenvalue weighted by atomic mass is 10.0. The van der Waals surface area contributed by atoms with Gasteiger partial charge in [-0.05, 0) is 24.8 Å². The van der Waals surface area contributed by atoms with E-state index < -0.39 is 84.9 Å². The van der Waals surface area contributed by atoms with Gasteiger partial charge in [-0.25, -0.2) is 4.79 Å². The summed E-state index contributed by atoms with van der Waals surface area (Å²) >= 11 is 0. The maximum absolute atomic E-state index is 12.9. The van der Waals surface area contributed by atoms with Crippen molar-refractivity contribution in [1.29, 1.82) is 0 Å². The molecule has 11 N–H and O–H groups in total. The quantitative estimate of drug-likeness (QED) is 0.100. The highest BCUT2D eigenvalue weighted by molar-refractivity contribution is 5.96. The molecule has 0 aliphatic heterocycles. The van der Waals surface area contributed by atoms with Gasteiger partial charge in [-0.1, -0.05) is 30.3 Å². The number of nitrogens with one attached hydrogen (secondary N) is 3. The lowest BCUT2D eigenvalue weighted by molar-refractivity contribution is -0.143. The number of rotatable bonds is 17. The van der Waals surface area contributed by atoms with Crippen LogP contribution in [0.3, 0.4) is 0 Å². The molecule has 1 aromatic carbocycles. The van der Waals surface area contributed by atoms with Crippen LogP contribution in [-0.4, -0.2) is 75.9 Å². The Morgan fingerprint density at radius 3 is 1.76 bits per heavy atom. The van der Waals surface area contributed by atoms with Crippen LogP contribution in [-0.2, 0) is 40.0 Å². The molecule has 0 radical (unpaired) electrons. The minimum absolute atomic E-state index is 0.114. The molecule has 0 aliphatic rings. The van der Waals surface area contributed by atoms with Crippen molar-refractivity contribution >= 4 is 41.5 Å². The molecule has 1 rings (SSSR count). The summed E-state index contributed by atoms with van der Waals surface area (Å²) in [6, 6.07) is 2.94. The standard InChI is InChI=1S/C23H32N6O9/c24-13(10-12-4-2-1-3-5-12)20(34)29-16(11-18(26)31)22(36)27-14(7-9-19(32)33)21(35)28-15(23(37)38)6-8-17(25)30/h1-5,13-16H,6-11,24H2,(H2,25,30)(H2,26,31)(H,27,36)(H,28,35)(H,29,34)(H,32,33)(H,37,38)/t13-,14-,15-,16-/m0/s1. The Hall–Kier alpha value is -4.53. The third kappa shape index (κ3) is 11.9. The Morgan fingerprint density at radius 2 is 1.24 bits per heavy atom. The summed E-state index contributed by atoms with van der Waals surface area (Å²) in [6.07, 6.45) is -2.32. The number of carboxylic acid groups (broad SMARTS) is 2. The largest absolute Gasteiger partial charge is 0.481 e. The first kappa shape index (κ1) is 31.5. The second-order valence-electron chi connectivity index (χ2n) is 8.43. The number of carbonyl (C=O) groups excluding carboxylic acids is 5. The topological polar surface area (TPSA) is 274 Å². The van der Waals surface area contributed by atoms with Crippen LogP contribution in [0.4, 0.5) is 0 Å². The molecule has 4 atom stereocenters. The van der Waals surface area contributed by atoms with Gasteiger partial charge in [0, 0.05) is 12.8 Å². The highest BCUT2D eigenvalue weighted by Gasteiger charge is 2.31. The van der Waals surface area contributed by atoms with E-state index in [9.17, 15) is 38.7 Å². The van der Waals surface area contributed by atoms with Crippen LogP contribution in [0.1, 0.15) is 37.7 Å². The molecule has 0 aromatic heterocycles. The molecule has 0 heterocycles. The van der Waals surface area contributed by atoms with Crippen molar-refractivity contribution in [3.8, 4) is 0 Å². The average Bonchev–Trinajstić information content (AvgIpc) is 2.83. The van der Waals surface area contributed by atoms with Crippen molar-refractivity contribution in [3.05, 3.63) is 35.9 Å². The second-order valence-corrected chi connectivity index (χ2v) is 8.43. The molecule has 208 valence electrons. The van der Waals surface area contributed by atoms with Crippen LogP contribution < -0.4 is 33.2 Å². The zero-order valence-corrected chi connectivity index (χ0v) is 20.4. The number of hydrogen-bond acceptors (Lipinski definition) is 8. The Morgan fingerprint density at radius 1 is 0.711 bits per heavy atom. The number of aliphatic carboxylic acids is 2. The Kier molecular flexibility index (Phi) is 12.9. The fraction of sp³-hybridized carbons (Fsp3) is 0.435. The van der Waals surface area contributed by atoms with E-state index in [0.29, 0.717) is 0 Å². The second kappa shape index (κ2) is 15.6. The minimum Gasteiger partial charge on any atom is -0.481 e. The van der Waals surface area contributed by atoms with Gasteiger partial charge in [0.05, 0.1) is 12.5 Å². The van der Waals surface area contributed by atoms with Crippen molar-refractivity contribution in [2.24, 2.45) is 17.2 Å². The number of amides is 5. The molecule has 0 saturated carbocycles. The van der Waals surface area contributed by atoms with Crippen molar-refractivity contribution in [2.45, 2.75) is 62.7 Å². The lowest BCUT2D eigenvalue weighted by Crippen LogP contribution is -2.58. The third-order valence-corrected chi connectivity index (χ3v) is 5.25. The molecule has 0 spiro atoms. The van der Waals surface area contributed by atoms with Gasteiger partial charge in [0.1, 0.15) is 18.1 Å². The molecule has 0 aliphatic carbocycles.